The Morgan fingerprint density at radius 1 is 1.06 bits per heavy atom. The Morgan fingerprint density at radius 2 is 1.66 bits per heavy atom. The SMILES string of the molecule is CC1=C(O[Si](C(C)C)(C(C)C)C(C)C)CCc2c(c3cc(CO)ccc3n2C(=O)OC(C)(C)C)C1. The topological polar surface area (TPSA) is 60.7 Å². The van der Waals surface area contributed by atoms with Crippen LogP contribution in [-0.2, 0) is 28.6 Å². The molecule has 1 aromatic carbocycles. The predicted octanol–water partition coefficient (Wildman–Crippen LogP) is 7.87. The van der Waals surface area contributed by atoms with Gasteiger partial charge in [-0.15, -0.1) is 0 Å². The molecule has 0 unspecified atom stereocenters. The highest BCUT2D eigenvalue weighted by Gasteiger charge is 2.47. The number of fused-ring (bicyclic) bond motifs is 3. The lowest BCUT2D eigenvalue weighted by Gasteiger charge is -2.43. The molecule has 1 aliphatic carbocycles. The summed E-state index contributed by atoms with van der Waals surface area (Å²) in [7, 11) is -2.09. The van der Waals surface area contributed by atoms with Crippen molar-refractivity contribution < 1.29 is 19.1 Å². The average molecular weight is 500 g/mol. The zero-order valence-corrected chi connectivity index (χ0v) is 24.4. The van der Waals surface area contributed by atoms with E-state index >= 15 is 0 Å². The lowest BCUT2D eigenvalue weighted by Crippen LogP contribution is -2.47. The molecule has 0 saturated carbocycles. The lowest BCUT2D eigenvalue weighted by molar-refractivity contribution is 0.0540. The van der Waals surface area contributed by atoms with Crippen LogP contribution >= 0.6 is 0 Å². The number of aromatic nitrogens is 1. The molecular weight excluding hydrogens is 454 g/mol. The first-order valence-electron chi connectivity index (χ1n) is 13.1. The highest BCUT2D eigenvalue weighted by atomic mass is 28.4. The van der Waals surface area contributed by atoms with Crippen molar-refractivity contribution in [2.45, 2.75) is 117 Å². The van der Waals surface area contributed by atoms with E-state index < -0.39 is 13.9 Å². The molecule has 0 radical (unpaired) electrons. The van der Waals surface area contributed by atoms with Gasteiger partial charge >= 0.3 is 6.09 Å². The molecule has 6 heteroatoms. The fraction of sp³-hybridized carbons (Fsp3) is 0.621. The molecule has 1 N–H and O–H groups in total. The van der Waals surface area contributed by atoms with Gasteiger partial charge in [0.05, 0.1) is 17.9 Å². The first-order valence-corrected chi connectivity index (χ1v) is 15.2. The Kier molecular flexibility index (Phi) is 7.97. The van der Waals surface area contributed by atoms with Crippen LogP contribution in [0.1, 0.15) is 92.5 Å². The molecule has 3 rings (SSSR count). The Hall–Kier alpha value is -2.05. The largest absolute Gasteiger partial charge is 0.546 e. The number of hydrogen-bond acceptors (Lipinski definition) is 4. The summed E-state index contributed by atoms with van der Waals surface area (Å²) >= 11 is 0. The van der Waals surface area contributed by atoms with Gasteiger partial charge in [-0.2, -0.15) is 0 Å². The number of aliphatic hydroxyl groups excluding tert-OH is 1. The van der Waals surface area contributed by atoms with Crippen LogP contribution < -0.4 is 0 Å². The molecule has 194 valence electrons. The number of rotatable bonds is 6. The van der Waals surface area contributed by atoms with Gasteiger partial charge in [0, 0.05) is 17.5 Å². The third kappa shape index (κ3) is 5.24. The van der Waals surface area contributed by atoms with Crippen molar-refractivity contribution in [3.63, 3.8) is 0 Å². The third-order valence-corrected chi connectivity index (χ3v) is 13.5. The summed E-state index contributed by atoms with van der Waals surface area (Å²) in [5.41, 5.74) is 5.96. The maximum absolute atomic E-state index is 13.4. The molecule has 1 aliphatic rings. The Morgan fingerprint density at radius 3 is 2.17 bits per heavy atom. The molecule has 0 aliphatic heterocycles. The Balaban J connectivity index is 2.13. The molecule has 0 atom stereocenters. The molecule has 1 heterocycles. The Labute approximate surface area is 212 Å². The fourth-order valence-electron chi connectivity index (χ4n) is 6.04. The van der Waals surface area contributed by atoms with Crippen molar-refractivity contribution in [1.82, 2.24) is 4.57 Å². The predicted molar refractivity (Wildman–Crippen MR) is 146 cm³/mol. The quantitative estimate of drug-likeness (QED) is 0.411. The standard InChI is InChI=1S/C29H45NO4Si/c1-18(2)35(19(3)4,20(5)6)34-27-14-13-26-23(15-21(27)7)24-16-22(17-31)11-12-25(24)30(26)28(32)33-29(8,9)10/h11-12,16,18-20,31H,13-15,17H2,1-10H3. The normalized spacial score (nSPS) is 15.3. The number of ether oxygens (including phenoxy) is 1. The van der Waals surface area contributed by atoms with Crippen LogP contribution in [0.25, 0.3) is 10.9 Å². The number of nitrogens with zero attached hydrogens (tertiary/aromatic N) is 1. The average Bonchev–Trinajstić information content (AvgIpc) is 2.94. The molecular formula is C29H45NO4Si. The van der Waals surface area contributed by atoms with Crippen molar-refractivity contribution in [1.29, 1.82) is 0 Å². The summed E-state index contributed by atoms with van der Waals surface area (Å²) in [6.07, 6.45) is 1.86. The summed E-state index contributed by atoms with van der Waals surface area (Å²) in [6, 6.07) is 5.83. The molecule has 0 saturated heterocycles. The molecule has 35 heavy (non-hydrogen) atoms. The summed E-state index contributed by atoms with van der Waals surface area (Å²) in [6.45, 7) is 21.7. The van der Waals surface area contributed by atoms with Crippen LogP contribution in [0.2, 0.25) is 16.6 Å². The van der Waals surface area contributed by atoms with Gasteiger partial charge in [-0.3, -0.25) is 0 Å². The van der Waals surface area contributed by atoms with E-state index in [1.165, 1.54) is 5.57 Å². The molecule has 5 nitrogen and oxygen atoms in total. The van der Waals surface area contributed by atoms with Gasteiger partial charge in [0.15, 0.2) is 0 Å². The van der Waals surface area contributed by atoms with Gasteiger partial charge in [0.2, 0.25) is 0 Å². The second-order valence-electron chi connectivity index (χ2n) is 12.1. The minimum atomic E-state index is -2.09. The van der Waals surface area contributed by atoms with E-state index in [0.717, 1.165) is 46.3 Å². The number of hydrogen-bond donors (Lipinski definition) is 1. The molecule has 0 amide bonds. The first-order chi connectivity index (χ1) is 16.2. The second-order valence-corrected chi connectivity index (χ2v) is 17.4. The minimum Gasteiger partial charge on any atom is -0.546 e. The molecule has 0 fully saturated rings. The van der Waals surface area contributed by atoms with E-state index in [4.69, 9.17) is 9.16 Å². The monoisotopic (exact) mass is 499 g/mol. The van der Waals surface area contributed by atoms with Crippen LogP contribution in [0.5, 0.6) is 0 Å². The summed E-state index contributed by atoms with van der Waals surface area (Å²) in [5.74, 6) is 1.10. The van der Waals surface area contributed by atoms with E-state index in [0.29, 0.717) is 23.0 Å². The molecule has 0 spiro atoms. The second kappa shape index (κ2) is 10.1. The van der Waals surface area contributed by atoms with Gasteiger partial charge < -0.3 is 14.3 Å². The summed E-state index contributed by atoms with van der Waals surface area (Å²) < 4.78 is 14.7. The van der Waals surface area contributed by atoms with Crippen molar-refractivity contribution >= 4 is 25.3 Å². The van der Waals surface area contributed by atoms with E-state index in [-0.39, 0.29) is 12.7 Å². The summed E-state index contributed by atoms with van der Waals surface area (Å²) in [5, 5.41) is 10.8. The van der Waals surface area contributed by atoms with E-state index in [2.05, 4.69) is 48.5 Å². The first kappa shape index (κ1) is 27.5. The fourth-order valence-corrected chi connectivity index (χ4v) is 11.5. The highest BCUT2D eigenvalue weighted by molar-refractivity contribution is 6.77. The minimum absolute atomic E-state index is 0.0310. The number of carbonyl (C=O) groups excluding carboxylic acids is 1. The molecule has 1 aromatic heterocycles. The van der Waals surface area contributed by atoms with Crippen LogP contribution in [0.3, 0.4) is 0 Å². The highest BCUT2D eigenvalue weighted by Crippen LogP contribution is 2.45. The van der Waals surface area contributed by atoms with Crippen LogP contribution in [0, 0.1) is 0 Å². The van der Waals surface area contributed by atoms with E-state index in [1.54, 1.807) is 4.57 Å². The number of allylic oxidation sites excluding steroid dienone is 2. The zero-order chi connectivity index (χ0) is 26.3. The van der Waals surface area contributed by atoms with E-state index in [1.807, 2.05) is 39.0 Å². The molecule has 0 bridgehead atoms. The van der Waals surface area contributed by atoms with Crippen molar-refractivity contribution in [3.05, 3.63) is 46.4 Å². The lowest BCUT2D eigenvalue weighted by atomic mass is 10.0. The molecule has 2 aromatic rings. The van der Waals surface area contributed by atoms with Crippen LogP contribution in [0.15, 0.2) is 29.5 Å². The van der Waals surface area contributed by atoms with Gasteiger partial charge in [0.1, 0.15) is 5.60 Å². The van der Waals surface area contributed by atoms with Crippen molar-refractivity contribution in [2.24, 2.45) is 0 Å². The third-order valence-electron chi connectivity index (χ3n) is 7.52. The zero-order valence-electron chi connectivity index (χ0n) is 23.4. The van der Waals surface area contributed by atoms with Crippen LogP contribution in [0.4, 0.5) is 4.79 Å². The number of carbonyl (C=O) groups is 1. The van der Waals surface area contributed by atoms with Crippen molar-refractivity contribution in [2.75, 3.05) is 0 Å². The number of aliphatic hydroxyl groups is 1. The maximum Gasteiger partial charge on any atom is 0.419 e. The van der Waals surface area contributed by atoms with Crippen LogP contribution in [-0.4, -0.2) is 29.7 Å². The van der Waals surface area contributed by atoms with Gasteiger partial charge in [-0.25, -0.2) is 9.36 Å². The maximum atomic E-state index is 13.4. The Bertz CT molecular complexity index is 1100. The number of benzene rings is 1. The summed E-state index contributed by atoms with van der Waals surface area (Å²) in [4.78, 5) is 13.4. The van der Waals surface area contributed by atoms with Gasteiger partial charge in [-0.05, 0) is 86.0 Å². The smallest absolute Gasteiger partial charge is 0.419 e. The van der Waals surface area contributed by atoms with Crippen molar-refractivity contribution in [3.8, 4) is 0 Å². The van der Waals surface area contributed by atoms with E-state index in [9.17, 15) is 9.90 Å². The van der Waals surface area contributed by atoms with Gasteiger partial charge in [0.25, 0.3) is 8.32 Å². The van der Waals surface area contributed by atoms with Gasteiger partial charge in [-0.1, -0.05) is 47.6 Å².